The fourth-order valence-corrected chi connectivity index (χ4v) is 4.66. The zero-order valence-electron chi connectivity index (χ0n) is 12.4. The lowest BCUT2D eigenvalue weighted by atomic mass is 10.3. The quantitative estimate of drug-likeness (QED) is 0.724. The minimum atomic E-state index is -0.0390. The van der Waals surface area contributed by atoms with E-state index in [2.05, 4.69) is 34.7 Å². The molecule has 0 spiro atoms. The molecule has 0 saturated heterocycles. The van der Waals surface area contributed by atoms with Gasteiger partial charge in [-0.2, -0.15) is 11.3 Å². The Morgan fingerprint density at radius 3 is 2.73 bits per heavy atom. The number of thiazole rings is 1. The number of nitrogens with zero attached hydrogens (tertiary/aromatic N) is 1. The number of rotatable bonds is 5. The second kappa shape index (κ2) is 6.73. The van der Waals surface area contributed by atoms with Crippen LogP contribution in [0.15, 0.2) is 29.0 Å². The Morgan fingerprint density at radius 1 is 1.23 bits per heavy atom. The smallest absolute Gasteiger partial charge is 0.263 e. The van der Waals surface area contributed by atoms with Crippen LogP contribution in [-0.2, 0) is 13.0 Å². The third-order valence-electron chi connectivity index (χ3n) is 3.26. The minimum Gasteiger partial charge on any atom is -0.346 e. The molecule has 6 heteroatoms. The Hall–Kier alpha value is -1.50. The molecule has 3 heterocycles. The predicted octanol–water partition coefficient (Wildman–Crippen LogP) is 4.73. The summed E-state index contributed by atoms with van der Waals surface area (Å²) in [6, 6.07) is 6.24. The van der Waals surface area contributed by atoms with Gasteiger partial charge >= 0.3 is 0 Å². The van der Waals surface area contributed by atoms with E-state index < -0.39 is 0 Å². The Morgan fingerprint density at radius 2 is 2.05 bits per heavy atom. The molecule has 0 aliphatic heterocycles. The molecule has 0 aromatic carbocycles. The Kier molecular flexibility index (Phi) is 4.71. The number of amides is 1. The first-order chi connectivity index (χ1) is 10.7. The van der Waals surface area contributed by atoms with Gasteiger partial charge in [0.15, 0.2) is 0 Å². The van der Waals surface area contributed by atoms with Crippen LogP contribution in [0.3, 0.4) is 0 Å². The molecule has 0 atom stereocenters. The molecule has 3 aromatic heterocycles. The van der Waals surface area contributed by atoms with E-state index >= 15 is 0 Å². The zero-order valence-corrected chi connectivity index (χ0v) is 14.8. The van der Waals surface area contributed by atoms with Crippen LogP contribution in [0, 0.1) is 6.92 Å². The van der Waals surface area contributed by atoms with Gasteiger partial charge in [-0.15, -0.1) is 22.7 Å². The summed E-state index contributed by atoms with van der Waals surface area (Å²) in [5.41, 5.74) is 1.88. The van der Waals surface area contributed by atoms with E-state index in [1.165, 1.54) is 21.1 Å². The lowest BCUT2D eigenvalue weighted by Gasteiger charge is -2.01. The van der Waals surface area contributed by atoms with Crippen molar-refractivity contribution in [3.8, 4) is 10.6 Å². The molecular weight excluding hydrogens is 332 g/mol. The average Bonchev–Trinajstić information content (AvgIpc) is 3.24. The predicted molar refractivity (Wildman–Crippen MR) is 95.0 cm³/mol. The van der Waals surface area contributed by atoms with E-state index in [0.717, 1.165) is 22.7 Å². The van der Waals surface area contributed by atoms with Crippen molar-refractivity contribution in [1.82, 2.24) is 10.3 Å². The second-order valence-electron chi connectivity index (χ2n) is 4.85. The molecule has 3 aromatic rings. The SMILES string of the molecule is CCc1ccc(CNC(=O)c2sc(-c3ccsc3)nc2C)s1. The number of aromatic nitrogens is 1. The summed E-state index contributed by atoms with van der Waals surface area (Å²) in [4.78, 5) is 20.1. The first-order valence-corrected chi connectivity index (χ1v) is 9.60. The third kappa shape index (κ3) is 3.29. The lowest BCUT2D eigenvalue weighted by molar-refractivity contribution is 0.0954. The molecule has 3 nitrogen and oxygen atoms in total. The van der Waals surface area contributed by atoms with Crippen molar-refractivity contribution >= 4 is 39.9 Å². The van der Waals surface area contributed by atoms with E-state index in [1.54, 1.807) is 22.7 Å². The van der Waals surface area contributed by atoms with Gasteiger partial charge in [-0.1, -0.05) is 6.92 Å². The van der Waals surface area contributed by atoms with Crippen LogP contribution in [0.4, 0.5) is 0 Å². The number of hydrogen-bond acceptors (Lipinski definition) is 5. The minimum absolute atomic E-state index is 0.0390. The molecule has 0 bridgehead atoms. The van der Waals surface area contributed by atoms with Crippen molar-refractivity contribution in [3.05, 3.63) is 49.3 Å². The highest BCUT2D eigenvalue weighted by atomic mass is 32.1. The number of thiophene rings is 2. The number of carbonyl (C=O) groups is 1. The van der Waals surface area contributed by atoms with Crippen LogP contribution in [0.5, 0.6) is 0 Å². The molecule has 0 unspecified atom stereocenters. The van der Waals surface area contributed by atoms with Crippen LogP contribution in [0.1, 0.15) is 32.0 Å². The number of nitrogens with one attached hydrogen (secondary N) is 1. The van der Waals surface area contributed by atoms with Crippen LogP contribution in [0.25, 0.3) is 10.6 Å². The third-order valence-corrected chi connectivity index (χ3v) is 6.38. The number of aryl methyl sites for hydroxylation is 2. The molecule has 0 saturated carbocycles. The van der Waals surface area contributed by atoms with Crippen molar-refractivity contribution < 1.29 is 4.79 Å². The van der Waals surface area contributed by atoms with Crippen LogP contribution in [0.2, 0.25) is 0 Å². The summed E-state index contributed by atoms with van der Waals surface area (Å²) in [5.74, 6) is -0.0390. The van der Waals surface area contributed by atoms with Gasteiger partial charge < -0.3 is 5.32 Å². The van der Waals surface area contributed by atoms with Crippen molar-refractivity contribution in [2.75, 3.05) is 0 Å². The Balaban J connectivity index is 1.69. The van der Waals surface area contributed by atoms with Crippen LogP contribution >= 0.6 is 34.0 Å². The van der Waals surface area contributed by atoms with Gasteiger partial charge in [-0.3, -0.25) is 4.79 Å². The average molecular weight is 349 g/mol. The molecule has 0 radical (unpaired) electrons. The highest BCUT2D eigenvalue weighted by Crippen LogP contribution is 2.29. The van der Waals surface area contributed by atoms with E-state index in [1.807, 2.05) is 18.4 Å². The molecule has 22 heavy (non-hydrogen) atoms. The van der Waals surface area contributed by atoms with Gasteiger partial charge in [-0.25, -0.2) is 4.98 Å². The topological polar surface area (TPSA) is 42.0 Å². The van der Waals surface area contributed by atoms with E-state index in [-0.39, 0.29) is 5.91 Å². The van der Waals surface area contributed by atoms with E-state index in [4.69, 9.17) is 0 Å². The summed E-state index contributed by atoms with van der Waals surface area (Å²) in [6.07, 6.45) is 1.04. The fourth-order valence-electron chi connectivity index (χ4n) is 2.07. The largest absolute Gasteiger partial charge is 0.346 e. The maximum Gasteiger partial charge on any atom is 0.263 e. The van der Waals surface area contributed by atoms with Crippen molar-refractivity contribution in [1.29, 1.82) is 0 Å². The molecule has 1 amide bonds. The monoisotopic (exact) mass is 348 g/mol. The van der Waals surface area contributed by atoms with Gasteiger partial charge in [0, 0.05) is 20.7 Å². The standard InChI is InChI=1S/C16H16N2OS3/c1-3-12-4-5-13(21-12)8-17-15(19)14-10(2)18-16(22-14)11-6-7-20-9-11/h4-7,9H,3,8H2,1-2H3,(H,17,19). The lowest BCUT2D eigenvalue weighted by Crippen LogP contribution is -2.22. The summed E-state index contributed by atoms with van der Waals surface area (Å²) >= 11 is 4.85. The van der Waals surface area contributed by atoms with Gasteiger partial charge in [0.05, 0.1) is 12.2 Å². The van der Waals surface area contributed by atoms with Crippen molar-refractivity contribution in [2.24, 2.45) is 0 Å². The first-order valence-electron chi connectivity index (χ1n) is 7.03. The Bertz CT molecular complexity index is 771. The van der Waals surface area contributed by atoms with Crippen LogP contribution in [-0.4, -0.2) is 10.9 Å². The molecule has 0 fully saturated rings. The highest BCUT2D eigenvalue weighted by Gasteiger charge is 2.16. The van der Waals surface area contributed by atoms with Crippen LogP contribution < -0.4 is 5.32 Å². The first kappa shape index (κ1) is 15.4. The number of carbonyl (C=O) groups excluding carboxylic acids is 1. The van der Waals surface area contributed by atoms with Gasteiger partial charge in [0.2, 0.25) is 0 Å². The second-order valence-corrected chi connectivity index (χ2v) is 7.88. The van der Waals surface area contributed by atoms with E-state index in [9.17, 15) is 4.79 Å². The molecule has 3 rings (SSSR count). The maximum absolute atomic E-state index is 12.4. The summed E-state index contributed by atoms with van der Waals surface area (Å²) < 4.78 is 0. The maximum atomic E-state index is 12.4. The molecule has 114 valence electrons. The molecular formula is C16H16N2OS3. The zero-order chi connectivity index (χ0) is 15.5. The molecule has 0 aliphatic carbocycles. The summed E-state index contributed by atoms with van der Waals surface area (Å²) in [7, 11) is 0. The molecule has 1 N–H and O–H groups in total. The van der Waals surface area contributed by atoms with Gasteiger partial charge in [0.25, 0.3) is 5.91 Å². The summed E-state index contributed by atoms with van der Waals surface area (Å²) in [5, 5.41) is 7.98. The Labute approximate surface area is 141 Å². The number of hydrogen-bond donors (Lipinski definition) is 1. The molecule has 0 aliphatic rings. The highest BCUT2D eigenvalue weighted by molar-refractivity contribution is 7.17. The normalized spacial score (nSPS) is 10.8. The van der Waals surface area contributed by atoms with Gasteiger partial charge in [0.1, 0.15) is 9.88 Å². The van der Waals surface area contributed by atoms with Gasteiger partial charge in [-0.05, 0) is 36.9 Å². The fraction of sp³-hybridized carbons (Fsp3) is 0.250. The van der Waals surface area contributed by atoms with Crippen molar-refractivity contribution in [2.45, 2.75) is 26.8 Å². The van der Waals surface area contributed by atoms with E-state index in [0.29, 0.717) is 11.4 Å². The van der Waals surface area contributed by atoms with Crippen molar-refractivity contribution in [3.63, 3.8) is 0 Å². The summed E-state index contributed by atoms with van der Waals surface area (Å²) in [6.45, 7) is 4.61.